The molecule has 0 bridgehead atoms. The molecule has 2 aromatic heterocycles. The van der Waals surface area contributed by atoms with E-state index in [9.17, 15) is 9.59 Å². The molecule has 150 valence electrons. The molecule has 1 amide bonds. The smallest absolute Gasteiger partial charge is 0.280 e. The van der Waals surface area contributed by atoms with E-state index in [4.69, 9.17) is 4.74 Å². The molecule has 0 atom stereocenters. The van der Waals surface area contributed by atoms with Crippen LogP contribution in [0, 0.1) is 0 Å². The number of hydrazone groups is 1. The lowest BCUT2D eigenvalue weighted by Crippen LogP contribution is -2.25. The molecule has 0 N–H and O–H groups in total. The molecule has 0 aliphatic rings. The second-order valence-corrected chi connectivity index (χ2v) is 8.33. The Morgan fingerprint density at radius 2 is 1.87 bits per heavy atom. The number of carbonyl (C=O) groups is 2. The molecule has 0 fully saturated rings. The molecule has 0 radical (unpaired) electrons. The van der Waals surface area contributed by atoms with Gasteiger partial charge in [-0.3, -0.25) is 9.59 Å². The molecule has 0 aliphatic carbocycles. The highest BCUT2D eigenvalue weighted by Gasteiger charge is 2.21. The fraction of sp³-hybridized carbons (Fsp3) is 0.0909. The lowest BCUT2D eigenvalue weighted by molar-refractivity contribution is 0.0983. The van der Waals surface area contributed by atoms with Crippen molar-refractivity contribution in [2.75, 3.05) is 12.1 Å². The maximum atomic E-state index is 13.3. The van der Waals surface area contributed by atoms with Crippen LogP contribution in [-0.4, -0.2) is 30.0 Å². The van der Waals surface area contributed by atoms with Gasteiger partial charge in [0.15, 0.2) is 5.78 Å². The van der Waals surface area contributed by atoms with Crippen LogP contribution in [0.25, 0.3) is 10.2 Å². The lowest BCUT2D eigenvalue weighted by Gasteiger charge is -2.13. The van der Waals surface area contributed by atoms with Gasteiger partial charge in [0, 0.05) is 16.0 Å². The number of thiophene rings is 1. The second kappa shape index (κ2) is 8.56. The largest absolute Gasteiger partial charge is 0.497 e. The van der Waals surface area contributed by atoms with Gasteiger partial charge in [-0.1, -0.05) is 29.5 Å². The van der Waals surface area contributed by atoms with Crippen LogP contribution >= 0.6 is 22.7 Å². The minimum Gasteiger partial charge on any atom is -0.497 e. The number of hydrogen-bond acceptors (Lipinski definition) is 7. The summed E-state index contributed by atoms with van der Waals surface area (Å²) in [4.78, 5) is 30.3. The maximum Gasteiger partial charge on any atom is 0.280 e. The van der Waals surface area contributed by atoms with Crippen molar-refractivity contribution >= 4 is 55.9 Å². The number of amides is 1. The van der Waals surface area contributed by atoms with Crippen LogP contribution in [0.1, 0.15) is 32.5 Å². The first-order chi connectivity index (χ1) is 14.5. The van der Waals surface area contributed by atoms with Crippen molar-refractivity contribution in [3.05, 3.63) is 76.0 Å². The number of nitrogens with zero attached hydrogens (tertiary/aromatic N) is 3. The molecule has 0 aliphatic heterocycles. The summed E-state index contributed by atoms with van der Waals surface area (Å²) in [6, 6.07) is 15.9. The molecule has 4 aromatic rings. The number of anilines is 1. The summed E-state index contributed by atoms with van der Waals surface area (Å²) in [6.07, 6.45) is 1.64. The zero-order valence-electron chi connectivity index (χ0n) is 16.2. The number of Topliss-reactive ketones (excluding diaryl/α,β-unsaturated/α-hetero) is 1. The standard InChI is InChI=1S/C22H17N3O3S2/c1-14(26)15-5-7-16(8-6-15)21(27)25(23-13-18-4-3-11-29-18)22-24-19-10-9-17(28-2)12-20(19)30-22/h3-13H,1-2H3/b23-13+. The third kappa shape index (κ3) is 4.14. The van der Waals surface area contributed by atoms with Gasteiger partial charge in [-0.2, -0.15) is 10.1 Å². The zero-order valence-corrected chi connectivity index (χ0v) is 17.9. The predicted molar refractivity (Wildman–Crippen MR) is 121 cm³/mol. The number of ketones is 1. The van der Waals surface area contributed by atoms with Gasteiger partial charge in [-0.25, -0.2) is 4.98 Å². The van der Waals surface area contributed by atoms with Crippen LogP contribution < -0.4 is 9.75 Å². The molecular formula is C22H17N3O3S2. The summed E-state index contributed by atoms with van der Waals surface area (Å²) in [7, 11) is 1.61. The number of fused-ring (bicyclic) bond motifs is 1. The van der Waals surface area contributed by atoms with E-state index in [1.807, 2.05) is 35.7 Å². The van der Waals surface area contributed by atoms with Gasteiger partial charge in [0.2, 0.25) is 5.13 Å². The Hall–Kier alpha value is -3.36. The van der Waals surface area contributed by atoms with E-state index in [-0.39, 0.29) is 11.7 Å². The summed E-state index contributed by atoms with van der Waals surface area (Å²) < 4.78 is 6.17. The van der Waals surface area contributed by atoms with E-state index in [1.165, 1.54) is 34.6 Å². The molecule has 6 nitrogen and oxygen atoms in total. The molecule has 8 heteroatoms. The molecule has 0 saturated heterocycles. The highest BCUT2D eigenvalue weighted by Crippen LogP contribution is 2.32. The van der Waals surface area contributed by atoms with Crippen LogP contribution in [0.4, 0.5) is 5.13 Å². The number of thiazole rings is 1. The van der Waals surface area contributed by atoms with E-state index < -0.39 is 0 Å². The van der Waals surface area contributed by atoms with Gasteiger partial charge < -0.3 is 4.74 Å². The molecule has 0 saturated carbocycles. The first-order valence-electron chi connectivity index (χ1n) is 9.02. The summed E-state index contributed by atoms with van der Waals surface area (Å²) in [5, 5.41) is 8.11. The van der Waals surface area contributed by atoms with Crippen LogP contribution in [0.5, 0.6) is 5.75 Å². The van der Waals surface area contributed by atoms with Crippen LogP contribution in [0.2, 0.25) is 0 Å². The minimum atomic E-state index is -0.330. The Morgan fingerprint density at radius 3 is 2.53 bits per heavy atom. The van der Waals surface area contributed by atoms with Crippen molar-refractivity contribution in [2.45, 2.75) is 6.92 Å². The highest BCUT2D eigenvalue weighted by molar-refractivity contribution is 7.22. The first-order valence-corrected chi connectivity index (χ1v) is 10.7. The van der Waals surface area contributed by atoms with Gasteiger partial charge in [0.05, 0.1) is 23.5 Å². The van der Waals surface area contributed by atoms with Gasteiger partial charge in [-0.15, -0.1) is 11.3 Å². The van der Waals surface area contributed by atoms with Crippen molar-refractivity contribution in [3.63, 3.8) is 0 Å². The zero-order chi connectivity index (χ0) is 21.1. The molecule has 0 spiro atoms. The summed E-state index contributed by atoms with van der Waals surface area (Å²) in [5.74, 6) is 0.336. The SMILES string of the molecule is COc1ccc2nc(N(/N=C/c3cccs3)C(=O)c3ccc(C(C)=O)cc3)sc2c1. The average Bonchev–Trinajstić information content (AvgIpc) is 3.43. The van der Waals surface area contributed by atoms with Gasteiger partial charge in [0.1, 0.15) is 5.75 Å². The molecule has 2 aromatic carbocycles. The van der Waals surface area contributed by atoms with E-state index in [0.29, 0.717) is 16.3 Å². The van der Waals surface area contributed by atoms with Crippen LogP contribution in [-0.2, 0) is 0 Å². The fourth-order valence-electron chi connectivity index (χ4n) is 2.75. The van der Waals surface area contributed by atoms with Gasteiger partial charge in [0.25, 0.3) is 5.91 Å². The second-order valence-electron chi connectivity index (χ2n) is 6.34. The molecule has 0 unspecified atom stereocenters. The predicted octanol–water partition coefficient (Wildman–Crippen LogP) is 5.25. The summed E-state index contributed by atoms with van der Waals surface area (Å²) in [5.41, 5.74) is 1.72. The van der Waals surface area contributed by atoms with Crippen molar-refractivity contribution in [1.82, 2.24) is 4.98 Å². The lowest BCUT2D eigenvalue weighted by atomic mass is 10.1. The summed E-state index contributed by atoms with van der Waals surface area (Å²) >= 11 is 2.88. The van der Waals surface area contributed by atoms with E-state index >= 15 is 0 Å². The number of carbonyl (C=O) groups excluding carboxylic acids is 2. The van der Waals surface area contributed by atoms with E-state index in [2.05, 4.69) is 10.1 Å². The Labute approximate surface area is 181 Å². The number of rotatable bonds is 6. The summed E-state index contributed by atoms with van der Waals surface area (Å²) in [6.45, 7) is 1.49. The number of ether oxygens (including phenoxy) is 1. The van der Waals surface area contributed by atoms with Crippen molar-refractivity contribution in [3.8, 4) is 5.75 Å². The van der Waals surface area contributed by atoms with Crippen molar-refractivity contribution in [1.29, 1.82) is 0 Å². The highest BCUT2D eigenvalue weighted by atomic mass is 32.1. The number of aromatic nitrogens is 1. The van der Waals surface area contributed by atoms with Gasteiger partial charge >= 0.3 is 0 Å². The number of methoxy groups -OCH3 is 1. The maximum absolute atomic E-state index is 13.3. The topological polar surface area (TPSA) is 71.9 Å². The molecule has 30 heavy (non-hydrogen) atoms. The Balaban J connectivity index is 1.74. The number of hydrogen-bond donors (Lipinski definition) is 0. The molecule has 2 heterocycles. The van der Waals surface area contributed by atoms with E-state index in [0.717, 1.165) is 20.8 Å². The Bertz CT molecular complexity index is 1230. The fourth-order valence-corrected chi connectivity index (χ4v) is 4.28. The van der Waals surface area contributed by atoms with Crippen molar-refractivity contribution in [2.24, 2.45) is 5.10 Å². The third-order valence-corrected chi connectivity index (χ3v) is 6.14. The van der Waals surface area contributed by atoms with Gasteiger partial charge in [-0.05, 0) is 48.7 Å². The average molecular weight is 436 g/mol. The first kappa shape index (κ1) is 19.9. The quantitative estimate of drug-likeness (QED) is 0.236. The van der Waals surface area contributed by atoms with E-state index in [1.54, 1.807) is 37.6 Å². The van der Waals surface area contributed by atoms with Crippen LogP contribution in [0.3, 0.4) is 0 Å². The van der Waals surface area contributed by atoms with Crippen LogP contribution in [0.15, 0.2) is 65.1 Å². The van der Waals surface area contributed by atoms with Crippen molar-refractivity contribution < 1.29 is 14.3 Å². The third-order valence-electron chi connectivity index (χ3n) is 4.34. The monoisotopic (exact) mass is 435 g/mol. The normalized spacial score (nSPS) is 11.1. The molecular weight excluding hydrogens is 418 g/mol. The number of benzene rings is 2. The Morgan fingerprint density at radius 1 is 1.10 bits per heavy atom. The Kier molecular flexibility index (Phi) is 5.69. The molecule has 4 rings (SSSR count). The minimum absolute atomic E-state index is 0.0540.